The third-order valence-corrected chi connectivity index (χ3v) is 15.3. The summed E-state index contributed by atoms with van der Waals surface area (Å²) in [6.45, 7) is 14.9. The van der Waals surface area contributed by atoms with Crippen LogP contribution in [0.25, 0.3) is 0 Å². The summed E-state index contributed by atoms with van der Waals surface area (Å²) in [6.07, 6.45) is -6.85. The Kier molecular flexibility index (Phi) is 8.46. The summed E-state index contributed by atoms with van der Waals surface area (Å²) in [7, 11) is 0. The van der Waals surface area contributed by atoms with Crippen LogP contribution in [0.15, 0.2) is 34.3 Å². The molecule has 3 aliphatic heterocycles. The third-order valence-electron chi connectivity index (χ3n) is 15.3. The zero-order chi connectivity index (χ0) is 42.7. The lowest BCUT2D eigenvalue weighted by Crippen LogP contribution is -2.97. The number of aliphatic hydroxyl groups is 3. The smallest absolute Gasteiger partial charge is 0.338 e. The molecule has 7 fully saturated rings. The number of aliphatic carboxylic acids is 1. The lowest BCUT2D eigenvalue weighted by atomic mass is 9.32. The number of aliphatic hydroxyl groups excluding tert-OH is 2. The first-order valence-corrected chi connectivity index (χ1v) is 19.8. The van der Waals surface area contributed by atoms with Crippen LogP contribution in [-0.2, 0) is 57.1 Å². The minimum atomic E-state index is -2.63. The van der Waals surface area contributed by atoms with Crippen LogP contribution in [-0.4, -0.2) is 103 Å². The first-order chi connectivity index (χ1) is 26.9. The molecule has 4 saturated carbocycles. The molecule has 58 heavy (non-hydrogen) atoms. The van der Waals surface area contributed by atoms with Gasteiger partial charge in [-0.1, -0.05) is 48.5 Å². The predicted molar refractivity (Wildman–Crippen MR) is 191 cm³/mol. The molecule has 3 saturated heterocycles. The van der Waals surface area contributed by atoms with E-state index < -0.39 is 146 Å². The molecule has 4 heterocycles. The van der Waals surface area contributed by atoms with Gasteiger partial charge in [-0.3, -0.25) is 19.2 Å². The van der Waals surface area contributed by atoms with E-state index in [2.05, 4.69) is 0 Å². The summed E-state index contributed by atoms with van der Waals surface area (Å²) in [4.78, 5) is 68.8. The highest BCUT2D eigenvalue weighted by molar-refractivity contribution is 5.92. The molecule has 1 aromatic rings. The number of carboxylic acid groups (broad SMARTS) is 1. The summed E-state index contributed by atoms with van der Waals surface area (Å²) in [5.74, 6) is -12.1. The van der Waals surface area contributed by atoms with Crippen LogP contribution < -0.4 is 0 Å². The largest absolute Gasteiger partial charge is 0.511 e. The van der Waals surface area contributed by atoms with Crippen LogP contribution in [0.1, 0.15) is 100 Å². The van der Waals surface area contributed by atoms with E-state index in [0.717, 1.165) is 13.8 Å². The maximum atomic E-state index is 14.8. The number of carboxylic acids is 1. The Balaban J connectivity index is 1.58. The highest BCUT2D eigenvalue weighted by Crippen LogP contribution is 2.90. The monoisotopic (exact) mass is 816 g/mol. The minimum absolute atomic E-state index is 0.214. The van der Waals surface area contributed by atoms with Gasteiger partial charge in [-0.25, -0.2) is 4.79 Å². The molecule has 1 aromatic heterocycles. The number of hydrogen-bond donors (Lipinski definition) is 4. The Morgan fingerprint density at radius 3 is 2.16 bits per heavy atom. The fourth-order valence-electron chi connectivity index (χ4n) is 13.5. The Morgan fingerprint density at radius 2 is 1.60 bits per heavy atom. The molecule has 3 unspecified atom stereocenters. The lowest BCUT2D eigenvalue weighted by molar-refractivity contribution is -0.491. The minimum Gasteiger partial charge on any atom is -0.511 e. The van der Waals surface area contributed by atoms with Gasteiger partial charge in [-0.15, -0.1) is 0 Å². The predicted octanol–water partition coefficient (Wildman–Crippen LogP) is 3.40. The second kappa shape index (κ2) is 12.0. The zero-order valence-electron chi connectivity index (χ0n) is 34.1. The Labute approximate surface area is 334 Å². The van der Waals surface area contributed by atoms with Gasteiger partial charge in [0.15, 0.2) is 17.3 Å². The van der Waals surface area contributed by atoms with Crippen LogP contribution in [0.3, 0.4) is 0 Å². The van der Waals surface area contributed by atoms with Gasteiger partial charge < -0.3 is 58.0 Å². The molecule has 2 spiro atoms. The molecule has 16 atom stereocenters. The summed E-state index contributed by atoms with van der Waals surface area (Å²) >= 11 is 0. The van der Waals surface area contributed by atoms with Gasteiger partial charge >= 0.3 is 29.8 Å². The SMILES string of the molecule is CCC(C)C(=O)O[C@H]1[C@]2(C)CC34OC5(C)O[C@]6([C@@H]7/C(=C(/O)C(C)C)C(=O)O[C@@H](c8ccoc8)[C@]7(C)[C@@H](OC(C)=O)[C@@H](O)[C@]6(O5)[C@]3(C)[C@H]2CC(=O)O)[C@H](OC(C)=O)[C@@]14O. The zero-order valence-corrected chi connectivity index (χ0v) is 34.1. The summed E-state index contributed by atoms with van der Waals surface area (Å²) in [5, 5.41) is 50.4. The third kappa shape index (κ3) is 4.22. The average Bonchev–Trinajstić information content (AvgIpc) is 3.83. The molecule has 4 N–H and O–H groups in total. The number of fused-ring (bicyclic) bond motifs is 3. The van der Waals surface area contributed by atoms with Crippen molar-refractivity contribution in [3.63, 3.8) is 0 Å². The lowest BCUT2D eigenvalue weighted by Gasteiger charge is -2.78. The molecule has 0 amide bonds. The summed E-state index contributed by atoms with van der Waals surface area (Å²) < 4.78 is 51.4. The molecule has 4 bridgehead atoms. The van der Waals surface area contributed by atoms with Crippen molar-refractivity contribution >= 4 is 29.8 Å². The summed E-state index contributed by atoms with van der Waals surface area (Å²) in [6, 6.07) is 1.50. The van der Waals surface area contributed by atoms with Crippen molar-refractivity contribution in [2.24, 2.45) is 39.9 Å². The highest BCUT2D eigenvalue weighted by atomic mass is 16.9. The molecule has 0 aromatic carbocycles. The van der Waals surface area contributed by atoms with Crippen molar-refractivity contribution in [2.75, 3.05) is 0 Å². The van der Waals surface area contributed by atoms with E-state index in [1.807, 2.05) is 0 Å². The van der Waals surface area contributed by atoms with Gasteiger partial charge in [0, 0.05) is 55.4 Å². The number of esters is 4. The maximum Gasteiger partial charge on any atom is 0.338 e. The van der Waals surface area contributed by atoms with E-state index >= 15 is 0 Å². The average molecular weight is 817 g/mol. The van der Waals surface area contributed by atoms with Crippen molar-refractivity contribution < 1.29 is 82.0 Å². The first kappa shape index (κ1) is 40.7. The van der Waals surface area contributed by atoms with Crippen molar-refractivity contribution in [3.05, 3.63) is 35.5 Å². The summed E-state index contributed by atoms with van der Waals surface area (Å²) in [5.41, 5.74) is -15.2. The molecule has 17 nitrogen and oxygen atoms in total. The highest BCUT2D eigenvalue weighted by Gasteiger charge is 3.06. The Bertz CT molecular complexity index is 2030. The van der Waals surface area contributed by atoms with E-state index in [4.69, 9.17) is 37.6 Å². The number of furan rings is 1. The van der Waals surface area contributed by atoms with Crippen LogP contribution in [0.5, 0.6) is 0 Å². The van der Waals surface area contributed by atoms with E-state index in [1.165, 1.54) is 32.4 Å². The van der Waals surface area contributed by atoms with Crippen LogP contribution in [0, 0.1) is 39.9 Å². The Hall–Kier alpha value is -4.03. The normalized spacial score (nSPS) is 49.1. The van der Waals surface area contributed by atoms with Crippen molar-refractivity contribution in [1.82, 2.24) is 0 Å². The molecule has 8 rings (SSSR count). The van der Waals surface area contributed by atoms with Gasteiger partial charge in [-0.2, -0.15) is 0 Å². The number of allylic oxidation sites excluding steroid dienone is 1. The van der Waals surface area contributed by atoms with Crippen LogP contribution in [0.2, 0.25) is 0 Å². The molecule has 0 radical (unpaired) electrons. The van der Waals surface area contributed by atoms with Crippen molar-refractivity contribution in [3.8, 4) is 0 Å². The molecule has 17 heteroatoms. The van der Waals surface area contributed by atoms with Gasteiger partial charge in [-0.05, 0) is 24.8 Å². The number of ether oxygens (including phenoxy) is 7. The number of carbonyl (C=O) groups is 5. The molecule has 7 aliphatic rings. The number of cyclic esters (lactones) is 1. The van der Waals surface area contributed by atoms with Crippen molar-refractivity contribution in [1.29, 1.82) is 0 Å². The van der Waals surface area contributed by atoms with Gasteiger partial charge in [0.25, 0.3) is 5.97 Å². The standard InChI is InChI=1S/C41H52O17/c1-11-18(4)30(48)55-32-34(7)16-38-36(9,22(34)14-23(44)45)41-27(47)29(52-19(5)42)35(8)26(24(25(46)17(2)3)31(49)54-28(35)21-12-13-51-15-21)40(41,57-37(10,56-38)58-41)33(39(32,38)50)53-20(6)43/h12-13,15,17-18,22,26-29,32-33,46-47,50H,11,14,16H2,1-10H3,(H,44,45)/b25-24-/t18?,22-,26+,27+,28-,29-,32-,33+,34+,35+,36+,37?,38?,39-,40+,41-/m0/s1. The Morgan fingerprint density at radius 1 is 0.948 bits per heavy atom. The van der Waals surface area contributed by atoms with Crippen molar-refractivity contribution in [2.45, 2.75) is 147 Å². The molecule has 318 valence electrons. The fourth-order valence-corrected chi connectivity index (χ4v) is 13.5. The first-order valence-electron chi connectivity index (χ1n) is 19.8. The fraction of sp³-hybridized carbons (Fsp3) is 0.732. The molecular weight excluding hydrogens is 764 g/mol. The topological polar surface area (TPSA) is 244 Å². The maximum absolute atomic E-state index is 14.8. The quantitative estimate of drug-likeness (QED) is 0.121. The van der Waals surface area contributed by atoms with Crippen LogP contribution >= 0.6 is 0 Å². The van der Waals surface area contributed by atoms with E-state index in [-0.39, 0.29) is 12.0 Å². The molecular formula is C41H52O17. The number of hydrogen-bond acceptors (Lipinski definition) is 16. The van der Waals surface area contributed by atoms with Gasteiger partial charge in [0.05, 0.1) is 29.4 Å². The second-order valence-corrected chi connectivity index (χ2v) is 18.6. The number of carbonyl (C=O) groups excluding carboxylic acids is 4. The van der Waals surface area contributed by atoms with Gasteiger partial charge in [0.1, 0.15) is 41.4 Å². The van der Waals surface area contributed by atoms with Crippen LogP contribution in [0.4, 0.5) is 0 Å². The molecule has 4 aliphatic carbocycles. The number of rotatable bonds is 9. The second-order valence-electron chi connectivity index (χ2n) is 18.6. The van der Waals surface area contributed by atoms with E-state index in [0.29, 0.717) is 6.42 Å². The van der Waals surface area contributed by atoms with E-state index in [1.54, 1.807) is 41.5 Å². The van der Waals surface area contributed by atoms with E-state index in [9.17, 15) is 44.4 Å². The van der Waals surface area contributed by atoms with Gasteiger partial charge in [0.2, 0.25) is 0 Å².